The first kappa shape index (κ1) is 11.9. The van der Waals surface area contributed by atoms with Crippen LogP contribution < -0.4 is 11.1 Å². The van der Waals surface area contributed by atoms with Crippen molar-refractivity contribution in [2.75, 3.05) is 18.9 Å². The average Bonchev–Trinajstić information content (AvgIpc) is 2.61. The Morgan fingerprint density at radius 1 is 1.67 bits per heavy atom. The van der Waals surface area contributed by atoms with E-state index < -0.39 is 0 Å². The number of nitrogens with one attached hydrogen (secondary N) is 1. The van der Waals surface area contributed by atoms with Crippen LogP contribution >= 0.6 is 11.3 Å². The van der Waals surface area contributed by atoms with Crippen LogP contribution in [-0.2, 0) is 4.74 Å². The van der Waals surface area contributed by atoms with Crippen LogP contribution in [-0.4, -0.2) is 35.4 Å². The van der Waals surface area contributed by atoms with E-state index >= 15 is 0 Å². The third kappa shape index (κ3) is 3.80. The monoisotopic (exact) mass is 230 g/mol. The third-order valence-electron chi connectivity index (χ3n) is 1.58. The van der Waals surface area contributed by atoms with Gasteiger partial charge in [0.15, 0.2) is 0 Å². The summed E-state index contributed by atoms with van der Waals surface area (Å²) in [5.41, 5.74) is 5.37. The highest BCUT2D eigenvalue weighted by atomic mass is 32.1. The Hall–Kier alpha value is -1.21. The van der Waals surface area contributed by atoms with Gasteiger partial charge in [-0.1, -0.05) is 11.3 Å². The zero-order valence-corrected chi connectivity index (χ0v) is 9.50. The fourth-order valence-corrected chi connectivity index (χ4v) is 1.46. The van der Waals surface area contributed by atoms with Crippen molar-refractivity contribution in [3.05, 3.63) is 5.01 Å². The average molecular weight is 230 g/mol. The summed E-state index contributed by atoms with van der Waals surface area (Å²) >= 11 is 1.06. The molecule has 1 atom stereocenters. The second kappa shape index (κ2) is 5.62. The first-order valence-corrected chi connectivity index (χ1v) is 5.42. The Morgan fingerprint density at radius 3 is 2.93 bits per heavy atom. The van der Waals surface area contributed by atoms with Gasteiger partial charge in [-0.15, -0.1) is 10.2 Å². The van der Waals surface area contributed by atoms with E-state index in [4.69, 9.17) is 10.5 Å². The van der Waals surface area contributed by atoms with E-state index in [2.05, 4.69) is 15.5 Å². The molecule has 1 amide bonds. The van der Waals surface area contributed by atoms with Crippen LogP contribution in [0.1, 0.15) is 23.6 Å². The molecule has 0 spiro atoms. The van der Waals surface area contributed by atoms with Crippen LogP contribution in [0.15, 0.2) is 0 Å². The first-order valence-electron chi connectivity index (χ1n) is 4.61. The minimum Gasteiger partial charge on any atom is -0.380 e. The number of nitrogens with zero attached hydrogens (tertiary/aromatic N) is 2. The van der Waals surface area contributed by atoms with Gasteiger partial charge in [0.25, 0.3) is 5.91 Å². The maximum Gasteiger partial charge on any atom is 0.282 e. The predicted octanol–water partition coefficient (Wildman–Crippen LogP) is 0.275. The van der Waals surface area contributed by atoms with Gasteiger partial charge in [0.05, 0.1) is 6.61 Å². The molecule has 0 saturated heterocycles. The van der Waals surface area contributed by atoms with Crippen LogP contribution in [0.2, 0.25) is 0 Å². The summed E-state index contributed by atoms with van der Waals surface area (Å²) in [6, 6.07) is -0.0532. The highest BCUT2D eigenvalue weighted by molar-refractivity contribution is 7.16. The van der Waals surface area contributed by atoms with Crippen molar-refractivity contribution in [3.63, 3.8) is 0 Å². The zero-order chi connectivity index (χ0) is 11.3. The lowest BCUT2D eigenvalue weighted by Gasteiger charge is -2.11. The van der Waals surface area contributed by atoms with Gasteiger partial charge >= 0.3 is 0 Å². The van der Waals surface area contributed by atoms with Crippen molar-refractivity contribution >= 4 is 22.4 Å². The van der Waals surface area contributed by atoms with E-state index in [0.717, 1.165) is 11.3 Å². The number of anilines is 1. The number of amides is 1. The number of carbonyl (C=O) groups is 1. The molecule has 0 aromatic carbocycles. The smallest absolute Gasteiger partial charge is 0.282 e. The lowest BCUT2D eigenvalue weighted by molar-refractivity contribution is 0.0871. The number of carbonyl (C=O) groups excluding carboxylic acids is 1. The fraction of sp³-hybridized carbons (Fsp3) is 0.625. The molecule has 1 unspecified atom stereocenters. The molecule has 0 aliphatic carbocycles. The summed E-state index contributed by atoms with van der Waals surface area (Å²) in [6.07, 6.45) is 0. The molecule has 0 bridgehead atoms. The Labute approximate surface area is 91.8 Å². The molecule has 3 N–H and O–H groups in total. The van der Waals surface area contributed by atoms with Crippen molar-refractivity contribution in [1.82, 2.24) is 15.5 Å². The van der Waals surface area contributed by atoms with Crippen LogP contribution in [0.25, 0.3) is 0 Å². The SMILES string of the molecule is CCOCC(C)NC(=O)c1nnc(N)s1. The third-order valence-corrected chi connectivity index (χ3v) is 2.34. The van der Waals surface area contributed by atoms with Crippen LogP contribution in [0, 0.1) is 0 Å². The molecule has 0 aliphatic heterocycles. The van der Waals surface area contributed by atoms with Crippen molar-refractivity contribution < 1.29 is 9.53 Å². The molecule has 84 valence electrons. The number of aromatic nitrogens is 2. The molecule has 15 heavy (non-hydrogen) atoms. The number of nitrogens with two attached hydrogens (primary N) is 1. The molecule has 6 nitrogen and oxygen atoms in total. The zero-order valence-electron chi connectivity index (χ0n) is 8.69. The first-order chi connectivity index (χ1) is 7.13. The Morgan fingerprint density at radius 2 is 2.40 bits per heavy atom. The molecule has 1 aromatic rings. The molecule has 7 heteroatoms. The van der Waals surface area contributed by atoms with E-state index in [1.54, 1.807) is 0 Å². The largest absolute Gasteiger partial charge is 0.380 e. The number of ether oxygens (including phenoxy) is 1. The summed E-state index contributed by atoms with van der Waals surface area (Å²) in [5, 5.41) is 10.5. The number of hydrogen-bond donors (Lipinski definition) is 2. The van der Waals surface area contributed by atoms with Gasteiger partial charge in [0.1, 0.15) is 0 Å². The molecular formula is C8H14N4O2S. The Kier molecular flexibility index (Phi) is 4.44. The van der Waals surface area contributed by atoms with E-state index in [-0.39, 0.29) is 22.1 Å². The Bertz CT molecular complexity index is 328. The normalized spacial score (nSPS) is 12.4. The van der Waals surface area contributed by atoms with Gasteiger partial charge < -0.3 is 15.8 Å². The van der Waals surface area contributed by atoms with Gasteiger partial charge in [-0.3, -0.25) is 4.79 Å². The van der Waals surface area contributed by atoms with Crippen molar-refractivity contribution in [3.8, 4) is 0 Å². The van der Waals surface area contributed by atoms with E-state index in [0.29, 0.717) is 13.2 Å². The van der Waals surface area contributed by atoms with E-state index in [1.165, 1.54) is 0 Å². The molecular weight excluding hydrogens is 216 g/mol. The quantitative estimate of drug-likeness (QED) is 0.758. The highest BCUT2D eigenvalue weighted by Gasteiger charge is 2.13. The molecule has 0 aliphatic rings. The van der Waals surface area contributed by atoms with Gasteiger partial charge in [0.2, 0.25) is 10.1 Å². The number of hydrogen-bond acceptors (Lipinski definition) is 6. The fourth-order valence-electron chi connectivity index (χ4n) is 0.948. The van der Waals surface area contributed by atoms with Gasteiger partial charge in [0, 0.05) is 12.6 Å². The summed E-state index contributed by atoms with van der Waals surface area (Å²) in [4.78, 5) is 11.5. The summed E-state index contributed by atoms with van der Waals surface area (Å²) in [5.74, 6) is -0.267. The van der Waals surface area contributed by atoms with Crippen molar-refractivity contribution in [2.45, 2.75) is 19.9 Å². The summed E-state index contributed by atoms with van der Waals surface area (Å²) in [7, 11) is 0. The molecule has 0 fully saturated rings. The lowest BCUT2D eigenvalue weighted by atomic mass is 10.3. The molecule has 1 heterocycles. The Balaban J connectivity index is 2.42. The number of nitrogen functional groups attached to an aromatic ring is 1. The molecule has 1 rings (SSSR count). The van der Waals surface area contributed by atoms with Crippen molar-refractivity contribution in [2.24, 2.45) is 0 Å². The molecule has 1 aromatic heterocycles. The van der Waals surface area contributed by atoms with Gasteiger partial charge in [-0.2, -0.15) is 0 Å². The highest BCUT2D eigenvalue weighted by Crippen LogP contribution is 2.10. The van der Waals surface area contributed by atoms with E-state index in [9.17, 15) is 4.79 Å². The second-order valence-electron chi connectivity index (χ2n) is 2.98. The molecule has 0 radical (unpaired) electrons. The van der Waals surface area contributed by atoms with Crippen LogP contribution in [0.3, 0.4) is 0 Å². The minimum atomic E-state index is -0.267. The van der Waals surface area contributed by atoms with E-state index in [1.807, 2.05) is 13.8 Å². The van der Waals surface area contributed by atoms with Crippen LogP contribution in [0.4, 0.5) is 5.13 Å². The second-order valence-corrected chi connectivity index (χ2v) is 3.99. The lowest BCUT2D eigenvalue weighted by Crippen LogP contribution is -2.35. The maximum atomic E-state index is 11.5. The summed E-state index contributed by atoms with van der Waals surface area (Å²) in [6.45, 7) is 4.88. The topological polar surface area (TPSA) is 90.1 Å². The standard InChI is InChI=1S/C8H14N4O2S/c1-3-14-4-5(2)10-6(13)7-11-12-8(9)15-7/h5H,3-4H2,1-2H3,(H2,9,12)(H,10,13). The number of rotatable bonds is 5. The predicted molar refractivity (Wildman–Crippen MR) is 57.7 cm³/mol. The van der Waals surface area contributed by atoms with Crippen LogP contribution in [0.5, 0.6) is 0 Å². The van der Waals surface area contributed by atoms with Gasteiger partial charge in [-0.05, 0) is 13.8 Å². The molecule has 0 saturated carbocycles. The summed E-state index contributed by atoms with van der Waals surface area (Å²) < 4.78 is 5.17. The van der Waals surface area contributed by atoms with Crippen molar-refractivity contribution in [1.29, 1.82) is 0 Å². The minimum absolute atomic E-state index is 0.0532. The van der Waals surface area contributed by atoms with Gasteiger partial charge in [-0.25, -0.2) is 0 Å². The maximum absolute atomic E-state index is 11.5.